The van der Waals surface area contributed by atoms with E-state index in [1.807, 2.05) is 26.8 Å². The van der Waals surface area contributed by atoms with Crippen LogP contribution in [-0.4, -0.2) is 30.7 Å². The first-order valence-electron chi connectivity index (χ1n) is 13.1. The van der Waals surface area contributed by atoms with Gasteiger partial charge in [0.25, 0.3) is 5.56 Å². The number of aromatic nitrogens is 5. The number of fused-ring (bicyclic) bond motifs is 1. The number of nitrogen functional groups attached to an aromatic ring is 1. The Labute approximate surface area is 250 Å². The zero-order valence-electron chi connectivity index (χ0n) is 23.6. The van der Waals surface area contributed by atoms with Gasteiger partial charge in [0, 0.05) is 17.2 Å². The molecule has 3 aromatic heterocycles. The molecule has 0 saturated heterocycles. The normalized spacial score (nSPS) is 12.0. The molecule has 5 N–H and O–H groups in total. The van der Waals surface area contributed by atoms with E-state index in [1.54, 1.807) is 55.5 Å². The molecular weight excluding hydrogens is 572 g/mol. The van der Waals surface area contributed by atoms with Gasteiger partial charge in [0.05, 0.1) is 27.7 Å². The summed E-state index contributed by atoms with van der Waals surface area (Å²) in [6.07, 6.45) is 1.23. The van der Waals surface area contributed by atoms with Crippen molar-refractivity contribution in [1.82, 2.24) is 24.7 Å². The Morgan fingerprint density at radius 3 is 2.63 bits per heavy atom. The van der Waals surface area contributed by atoms with E-state index in [0.717, 1.165) is 0 Å². The summed E-state index contributed by atoms with van der Waals surface area (Å²) >= 11 is 6.43. The van der Waals surface area contributed by atoms with E-state index in [1.165, 1.54) is 10.9 Å². The van der Waals surface area contributed by atoms with Crippen molar-refractivity contribution in [3.8, 4) is 11.8 Å². The van der Waals surface area contributed by atoms with E-state index in [2.05, 4.69) is 31.1 Å². The maximum Gasteiger partial charge on any atom is 0.324 e. The van der Waals surface area contributed by atoms with Crippen LogP contribution in [0.3, 0.4) is 0 Å². The SMILES string of the molecule is CC(Nc1ncnc(N)c1C#N)c1nc2cccc(Cl)c2c(=O)n1-c1cccc(NC(=O)Nc2cc(C(C)(C)C)on2)c1. The molecule has 43 heavy (non-hydrogen) atoms. The number of hydrogen-bond donors (Lipinski definition) is 4. The first kappa shape index (κ1) is 29.0. The zero-order chi connectivity index (χ0) is 30.9. The highest BCUT2D eigenvalue weighted by molar-refractivity contribution is 6.35. The highest BCUT2D eigenvalue weighted by atomic mass is 35.5. The van der Waals surface area contributed by atoms with Gasteiger partial charge in [-0.25, -0.2) is 19.7 Å². The van der Waals surface area contributed by atoms with Crippen molar-refractivity contribution >= 4 is 51.7 Å². The molecule has 5 aromatic rings. The van der Waals surface area contributed by atoms with Crippen molar-refractivity contribution in [2.75, 3.05) is 21.7 Å². The van der Waals surface area contributed by atoms with Gasteiger partial charge < -0.3 is 20.9 Å². The van der Waals surface area contributed by atoms with E-state index in [0.29, 0.717) is 28.5 Å². The third-order valence-electron chi connectivity index (χ3n) is 6.45. The number of carbonyl (C=O) groups excluding carboxylic acids is 1. The molecule has 0 fully saturated rings. The van der Waals surface area contributed by atoms with Gasteiger partial charge in [-0.1, -0.05) is 49.7 Å². The molecule has 0 bridgehead atoms. The number of hydrogen-bond acceptors (Lipinski definition) is 10. The standard InChI is InChI=1S/C29H27ClN10O3/c1-15(35-25-18(13-31)24(32)33-14-34-25)26-37-20-10-6-9-19(30)23(20)27(41)40(26)17-8-5-7-16(11-17)36-28(42)38-22-12-21(43-39-22)29(2,3)4/h5-12,14-15H,1-4H3,(H3,32,33,34,35)(H2,36,38,39,42). The third-order valence-corrected chi connectivity index (χ3v) is 6.77. The number of halogens is 1. The van der Waals surface area contributed by atoms with E-state index >= 15 is 0 Å². The van der Waals surface area contributed by atoms with Crippen LogP contribution in [-0.2, 0) is 5.41 Å². The molecule has 2 amide bonds. The second kappa shape index (κ2) is 11.4. The average molecular weight is 599 g/mol. The van der Waals surface area contributed by atoms with E-state index in [-0.39, 0.29) is 38.8 Å². The number of carbonyl (C=O) groups is 1. The number of nitrogens with zero attached hydrogens (tertiary/aromatic N) is 6. The number of urea groups is 1. The number of nitrogens with two attached hydrogens (primary N) is 1. The minimum atomic E-state index is -0.651. The predicted octanol–water partition coefficient (Wildman–Crippen LogP) is 5.39. The second-order valence-corrected chi connectivity index (χ2v) is 11.1. The van der Waals surface area contributed by atoms with Crippen molar-refractivity contribution < 1.29 is 9.32 Å². The number of rotatable bonds is 6. The van der Waals surface area contributed by atoms with Gasteiger partial charge in [0.15, 0.2) is 5.82 Å². The quantitative estimate of drug-likeness (QED) is 0.197. The fourth-order valence-electron chi connectivity index (χ4n) is 4.32. The molecule has 0 aliphatic heterocycles. The Hall–Kier alpha value is -5.48. The lowest BCUT2D eigenvalue weighted by Gasteiger charge is -2.21. The van der Waals surface area contributed by atoms with Gasteiger partial charge in [-0.05, 0) is 37.3 Å². The minimum Gasteiger partial charge on any atom is -0.382 e. The summed E-state index contributed by atoms with van der Waals surface area (Å²) in [5, 5.41) is 22.5. The third kappa shape index (κ3) is 5.95. The molecule has 0 saturated carbocycles. The van der Waals surface area contributed by atoms with Gasteiger partial charge in [-0.2, -0.15) is 5.26 Å². The molecule has 0 aliphatic carbocycles. The molecule has 1 unspecified atom stereocenters. The van der Waals surface area contributed by atoms with Crippen LogP contribution in [0.2, 0.25) is 5.02 Å². The highest BCUT2D eigenvalue weighted by Crippen LogP contribution is 2.27. The van der Waals surface area contributed by atoms with Crippen LogP contribution in [0.15, 0.2) is 64.2 Å². The predicted molar refractivity (Wildman–Crippen MR) is 163 cm³/mol. The van der Waals surface area contributed by atoms with Gasteiger partial charge >= 0.3 is 6.03 Å². The number of amides is 2. The molecule has 1 atom stereocenters. The van der Waals surface area contributed by atoms with Crippen molar-refractivity contribution in [3.05, 3.63) is 87.4 Å². The van der Waals surface area contributed by atoms with Crippen LogP contribution >= 0.6 is 11.6 Å². The Morgan fingerprint density at radius 2 is 1.91 bits per heavy atom. The van der Waals surface area contributed by atoms with E-state index in [4.69, 9.17) is 26.8 Å². The number of nitrogens with one attached hydrogen (secondary N) is 3. The maximum atomic E-state index is 14.0. The van der Waals surface area contributed by atoms with Crippen LogP contribution < -0.4 is 27.2 Å². The summed E-state index contributed by atoms with van der Waals surface area (Å²) in [5.41, 5.74) is 6.39. The largest absolute Gasteiger partial charge is 0.382 e. The molecule has 218 valence electrons. The van der Waals surface area contributed by atoms with Crippen LogP contribution in [0.1, 0.15) is 50.9 Å². The lowest BCUT2D eigenvalue weighted by molar-refractivity contribution is 0.262. The minimum absolute atomic E-state index is 0.0140. The van der Waals surface area contributed by atoms with E-state index in [9.17, 15) is 14.9 Å². The van der Waals surface area contributed by atoms with Crippen molar-refractivity contribution in [1.29, 1.82) is 5.26 Å². The first-order chi connectivity index (χ1) is 20.5. The number of benzene rings is 2. The van der Waals surface area contributed by atoms with Gasteiger partial charge in [-0.3, -0.25) is 14.7 Å². The Morgan fingerprint density at radius 1 is 1.14 bits per heavy atom. The maximum absolute atomic E-state index is 14.0. The van der Waals surface area contributed by atoms with Crippen LogP contribution in [0.5, 0.6) is 0 Å². The lowest BCUT2D eigenvalue weighted by Crippen LogP contribution is -2.28. The zero-order valence-corrected chi connectivity index (χ0v) is 24.4. The summed E-state index contributed by atoms with van der Waals surface area (Å²) in [7, 11) is 0. The van der Waals surface area contributed by atoms with Crippen LogP contribution in [0.4, 0.5) is 27.9 Å². The first-order valence-corrected chi connectivity index (χ1v) is 13.5. The molecule has 5 rings (SSSR count). The van der Waals surface area contributed by atoms with Gasteiger partial charge in [-0.15, -0.1) is 0 Å². The molecule has 0 spiro atoms. The van der Waals surface area contributed by atoms with Crippen molar-refractivity contribution in [3.63, 3.8) is 0 Å². The lowest BCUT2D eigenvalue weighted by atomic mass is 9.93. The Balaban J connectivity index is 1.52. The molecule has 0 radical (unpaired) electrons. The summed E-state index contributed by atoms with van der Waals surface area (Å²) in [6, 6.07) is 14.1. The highest BCUT2D eigenvalue weighted by Gasteiger charge is 2.23. The smallest absolute Gasteiger partial charge is 0.324 e. The van der Waals surface area contributed by atoms with Crippen molar-refractivity contribution in [2.24, 2.45) is 0 Å². The summed E-state index contributed by atoms with van der Waals surface area (Å²) in [5.74, 6) is 1.37. The fraction of sp³-hybridized carbons (Fsp3) is 0.207. The number of anilines is 4. The van der Waals surface area contributed by atoms with E-state index < -0.39 is 17.6 Å². The molecule has 13 nitrogen and oxygen atoms in total. The summed E-state index contributed by atoms with van der Waals surface area (Å²) in [4.78, 5) is 39.5. The van der Waals surface area contributed by atoms with Crippen molar-refractivity contribution in [2.45, 2.75) is 39.2 Å². The molecular formula is C29H27ClN10O3. The molecule has 3 heterocycles. The summed E-state index contributed by atoms with van der Waals surface area (Å²) < 4.78 is 6.72. The molecule has 2 aromatic carbocycles. The Bertz CT molecular complexity index is 1960. The topological polar surface area (TPSA) is 190 Å². The number of nitriles is 1. The Kier molecular flexibility index (Phi) is 7.71. The molecule has 0 aliphatic rings. The second-order valence-electron chi connectivity index (χ2n) is 10.7. The van der Waals surface area contributed by atoms with Gasteiger partial charge in [0.1, 0.15) is 41.2 Å². The van der Waals surface area contributed by atoms with Crippen LogP contribution in [0, 0.1) is 11.3 Å². The van der Waals surface area contributed by atoms with Gasteiger partial charge in [0.2, 0.25) is 0 Å². The monoisotopic (exact) mass is 598 g/mol. The fourth-order valence-corrected chi connectivity index (χ4v) is 4.57. The summed E-state index contributed by atoms with van der Waals surface area (Å²) in [6.45, 7) is 7.66. The molecule has 14 heteroatoms. The van der Waals surface area contributed by atoms with Crippen LogP contribution in [0.25, 0.3) is 16.6 Å². The average Bonchev–Trinajstić information content (AvgIpc) is 3.42.